The highest BCUT2D eigenvalue weighted by Gasteiger charge is 2.31. The van der Waals surface area contributed by atoms with Crippen LogP contribution in [-0.4, -0.2) is 39.3 Å². The van der Waals surface area contributed by atoms with Gasteiger partial charge in [0.1, 0.15) is 5.82 Å². The van der Waals surface area contributed by atoms with Crippen molar-refractivity contribution in [1.82, 2.24) is 9.71 Å². The summed E-state index contributed by atoms with van der Waals surface area (Å²) in [4.78, 5) is 5.78. The molecule has 1 aromatic rings. The summed E-state index contributed by atoms with van der Waals surface area (Å²) in [6.07, 6.45) is -0.546. The first-order valence-corrected chi connectivity index (χ1v) is 8.77. The molecule has 0 amide bonds. The molecule has 0 aliphatic carbocycles. The summed E-state index contributed by atoms with van der Waals surface area (Å²) < 4.78 is 62.9. The predicted molar refractivity (Wildman–Crippen MR) is 77.0 cm³/mol. The maximum absolute atomic E-state index is 12.7. The molecule has 124 valence electrons. The number of rotatable bonds is 4. The molecule has 2 rings (SSSR count). The molecule has 2 heterocycles. The first-order valence-electron chi connectivity index (χ1n) is 6.88. The minimum Gasteiger partial charge on any atom is -0.356 e. The number of hydrogen-bond donors (Lipinski definition) is 1. The Labute approximate surface area is 127 Å². The number of pyridine rings is 1. The second-order valence-electron chi connectivity index (χ2n) is 5.48. The SMILES string of the molecule is CS(=O)(=O)NC[C@H]1CCCN(c2cc(C(F)(F)F)ccn2)C1. The average Bonchev–Trinajstić information content (AvgIpc) is 2.44. The fraction of sp³-hybridized carbons (Fsp3) is 0.615. The number of aromatic nitrogens is 1. The van der Waals surface area contributed by atoms with Gasteiger partial charge in [-0.3, -0.25) is 0 Å². The Hall–Kier alpha value is -1.35. The minimum absolute atomic E-state index is 0.0554. The minimum atomic E-state index is -4.40. The van der Waals surface area contributed by atoms with Crippen LogP contribution in [-0.2, 0) is 16.2 Å². The molecular weight excluding hydrogens is 319 g/mol. The van der Waals surface area contributed by atoms with Crippen molar-refractivity contribution in [3.63, 3.8) is 0 Å². The normalized spacial score (nSPS) is 20.2. The summed E-state index contributed by atoms with van der Waals surface area (Å²) in [7, 11) is -3.26. The summed E-state index contributed by atoms with van der Waals surface area (Å²) in [5.74, 6) is 0.332. The van der Waals surface area contributed by atoms with E-state index in [1.807, 2.05) is 0 Å². The molecule has 1 N–H and O–H groups in total. The van der Waals surface area contributed by atoms with Crippen LogP contribution in [0.3, 0.4) is 0 Å². The van der Waals surface area contributed by atoms with Gasteiger partial charge in [-0.1, -0.05) is 0 Å². The zero-order valence-electron chi connectivity index (χ0n) is 12.1. The zero-order valence-corrected chi connectivity index (χ0v) is 12.9. The molecule has 0 aromatic carbocycles. The number of nitrogens with zero attached hydrogens (tertiary/aromatic N) is 2. The Morgan fingerprint density at radius 3 is 2.82 bits per heavy atom. The molecule has 0 bridgehead atoms. The van der Waals surface area contributed by atoms with Crippen molar-refractivity contribution >= 4 is 15.8 Å². The molecule has 0 saturated carbocycles. The molecule has 9 heteroatoms. The lowest BCUT2D eigenvalue weighted by Crippen LogP contribution is -2.41. The van der Waals surface area contributed by atoms with Crippen molar-refractivity contribution in [2.24, 2.45) is 5.92 Å². The summed E-state index contributed by atoms with van der Waals surface area (Å²) in [6.45, 7) is 1.38. The standard InChI is InChI=1S/C13H18F3N3O2S/c1-22(20,21)18-8-10-3-2-6-19(9-10)12-7-11(4-5-17-12)13(14,15)16/h4-5,7,10,18H,2-3,6,8-9H2,1H3/t10-/m1/s1. The fourth-order valence-corrected chi connectivity index (χ4v) is 3.02. The maximum atomic E-state index is 12.7. The van der Waals surface area contributed by atoms with Crippen LogP contribution in [0.15, 0.2) is 18.3 Å². The van der Waals surface area contributed by atoms with Crippen LogP contribution in [0.1, 0.15) is 18.4 Å². The third-order valence-corrected chi connectivity index (χ3v) is 4.24. The molecule has 1 aliphatic heterocycles. The van der Waals surface area contributed by atoms with E-state index in [2.05, 4.69) is 9.71 Å². The van der Waals surface area contributed by atoms with Crippen molar-refractivity contribution in [3.05, 3.63) is 23.9 Å². The third kappa shape index (κ3) is 4.84. The summed E-state index contributed by atoms with van der Waals surface area (Å²) in [6, 6.07) is 1.97. The van der Waals surface area contributed by atoms with Crippen molar-refractivity contribution in [1.29, 1.82) is 0 Å². The van der Waals surface area contributed by atoms with Crippen LogP contribution >= 0.6 is 0 Å². The van der Waals surface area contributed by atoms with Gasteiger partial charge in [0.2, 0.25) is 10.0 Å². The number of anilines is 1. The van der Waals surface area contributed by atoms with E-state index in [-0.39, 0.29) is 18.3 Å². The largest absolute Gasteiger partial charge is 0.416 e. The van der Waals surface area contributed by atoms with Crippen LogP contribution < -0.4 is 9.62 Å². The molecule has 5 nitrogen and oxygen atoms in total. The van der Waals surface area contributed by atoms with E-state index in [0.717, 1.165) is 37.4 Å². The third-order valence-electron chi connectivity index (χ3n) is 3.55. The van der Waals surface area contributed by atoms with E-state index >= 15 is 0 Å². The lowest BCUT2D eigenvalue weighted by atomic mass is 9.98. The van der Waals surface area contributed by atoms with Gasteiger partial charge in [0.05, 0.1) is 11.8 Å². The Balaban J connectivity index is 2.06. The molecule has 0 radical (unpaired) electrons. The van der Waals surface area contributed by atoms with Gasteiger partial charge in [0.15, 0.2) is 0 Å². The fourth-order valence-electron chi connectivity index (χ4n) is 2.48. The monoisotopic (exact) mass is 337 g/mol. The topological polar surface area (TPSA) is 62.3 Å². The van der Waals surface area contributed by atoms with Gasteiger partial charge in [0.25, 0.3) is 0 Å². The average molecular weight is 337 g/mol. The van der Waals surface area contributed by atoms with Crippen molar-refractivity contribution in [2.45, 2.75) is 19.0 Å². The molecule has 0 spiro atoms. The molecule has 22 heavy (non-hydrogen) atoms. The van der Waals surface area contributed by atoms with Crippen molar-refractivity contribution < 1.29 is 21.6 Å². The van der Waals surface area contributed by atoms with Crippen LogP contribution in [0.4, 0.5) is 19.0 Å². The number of piperidine rings is 1. The van der Waals surface area contributed by atoms with E-state index in [0.29, 0.717) is 13.1 Å². The maximum Gasteiger partial charge on any atom is 0.416 e. The Bertz CT molecular complexity index is 619. The quantitative estimate of drug-likeness (QED) is 0.911. The highest BCUT2D eigenvalue weighted by Crippen LogP contribution is 2.31. The molecule has 1 aliphatic rings. The molecule has 1 aromatic heterocycles. The molecule has 0 unspecified atom stereocenters. The summed E-state index contributed by atoms with van der Waals surface area (Å²) in [5.41, 5.74) is -0.728. The van der Waals surface area contributed by atoms with Crippen LogP contribution in [0.25, 0.3) is 0 Å². The van der Waals surface area contributed by atoms with E-state index in [9.17, 15) is 21.6 Å². The van der Waals surface area contributed by atoms with E-state index in [1.165, 1.54) is 0 Å². The van der Waals surface area contributed by atoms with Crippen molar-refractivity contribution in [2.75, 3.05) is 30.8 Å². The van der Waals surface area contributed by atoms with Gasteiger partial charge in [-0.25, -0.2) is 18.1 Å². The van der Waals surface area contributed by atoms with Crippen LogP contribution in [0.2, 0.25) is 0 Å². The number of sulfonamides is 1. The highest BCUT2D eigenvalue weighted by atomic mass is 32.2. The van der Waals surface area contributed by atoms with Gasteiger partial charge in [-0.05, 0) is 30.9 Å². The summed E-state index contributed by atoms with van der Waals surface area (Å²) in [5, 5.41) is 0. The number of alkyl halides is 3. The predicted octanol–water partition coefficient (Wildman–Crippen LogP) is 1.87. The lowest BCUT2D eigenvalue weighted by molar-refractivity contribution is -0.137. The second-order valence-corrected chi connectivity index (χ2v) is 7.31. The Morgan fingerprint density at radius 1 is 1.45 bits per heavy atom. The van der Waals surface area contributed by atoms with Crippen LogP contribution in [0.5, 0.6) is 0 Å². The lowest BCUT2D eigenvalue weighted by Gasteiger charge is -2.33. The highest BCUT2D eigenvalue weighted by molar-refractivity contribution is 7.88. The zero-order chi connectivity index (χ0) is 16.4. The number of halogens is 3. The van der Waals surface area contributed by atoms with E-state index in [1.54, 1.807) is 4.90 Å². The Morgan fingerprint density at radius 2 is 2.18 bits per heavy atom. The first-order chi connectivity index (χ1) is 10.1. The molecule has 1 atom stereocenters. The van der Waals surface area contributed by atoms with Gasteiger partial charge in [0, 0.05) is 25.8 Å². The van der Waals surface area contributed by atoms with Crippen LogP contribution in [0, 0.1) is 5.92 Å². The summed E-state index contributed by atoms with van der Waals surface area (Å²) >= 11 is 0. The van der Waals surface area contributed by atoms with E-state index in [4.69, 9.17) is 0 Å². The first kappa shape index (κ1) is 17.0. The Kier molecular flexibility index (Phi) is 4.96. The van der Waals surface area contributed by atoms with E-state index < -0.39 is 21.8 Å². The van der Waals surface area contributed by atoms with Crippen molar-refractivity contribution in [3.8, 4) is 0 Å². The smallest absolute Gasteiger partial charge is 0.356 e. The van der Waals surface area contributed by atoms with Gasteiger partial charge >= 0.3 is 6.18 Å². The molecular formula is C13H18F3N3O2S. The molecule has 1 fully saturated rings. The molecule has 1 saturated heterocycles. The van der Waals surface area contributed by atoms with Gasteiger partial charge < -0.3 is 4.90 Å². The van der Waals surface area contributed by atoms with Gasteiger partial charge in [-0.15, -0.1) is 0 Å². The van der Waals surface area contributed by atoms with Gasteiger partial charge in [-0.2, -0.15) is 13.2 Å². The number of nitrogens with one attached hydrogen (secondary N) is 1. The number of hydrogen-bond acceptors (Lipinski definition) is 4. The second kappa shape index (κ2) is 6.41.